The molecule has 0 atom stereocenters. The summed E-state index contributed by atoms with van der Waals surface area (Å²) in [6.45, 7) is 6.24. The molecule has 0 unspecified atom stereocenters. The van der Waals surface area contributed by atoms with E-state index in [0.717, 1.165) is 17.9 Å². The van der Waals surface area contributed by atoms with Crippen LogP contribution in [0.3, 0.4) is 0 Å². The molecule has 1 aliphatic carbocycles. The predicted molar refractivity (Wildman–Crippen MR) is 60.4 cm³/mol. The first-order chi connectivity index (χ1) is 6.74. The van der Waals surface area contributed by atoms with Crippen molar-refractivity contribution in [2.45, 2.75) is 38.6 Å². The van der Waals surface area contributed by atoms with Crippen LogP contribution in [0.5, 0.6) is 0 Å². The minimum absolute atomic E-state index is 0.831. The van der Waals surface area contributed by atoms with E-state index in [1.807, 2.05) is 0 Å². The van der Waals surface area contributed by atoms with Crippen molar-refractivity contribution in [3.8, 4) is 0 Å². The Balaban J connectivity index is 1.57. The molecule has 0 aromatic heterocycles. The normalized spacial score (nSPS) is 35.6. The average molecular weight is 196 g/mol. The molecule has 1 heterocycles. The molecule has 0 aromatic rings. The summed E-state index contributed by atoms with van der Waals surface area (Å²) in [6, 6.07) is 0.831. The number of hydrogen-bond acceptors (Lipinski definition) is 2. The topological polar surface area (TPSA) is 15.3 Å². The van der Waals surface area contributed by atoms with Crippen molar-refractivity contribution in [2.75, 3.05) is 26.7 Å². The second-order valence-electron chi connectivity index (χ2n) is 5.45. The quantitative estimate of drug-likeness (QED) is 0.739. The summed E-state index contributed by atoms with van der Waals surface area (Å²) in [5.74, 6) is 1.90. The summed E-state index contributed by atoms with van der Waals surface area (Å²) in [6.07, 6.45) is 5.68. The highest BCUT2D eigenvalue weighted by Gasteiger charge is 2.24. The summed E-state index contributed by atoms with van der Waals surface area (Å²) >= 11 is 0. The molecule has 1 aliphatic heterocycles. The first kappa shape index (κ1) is 10.4. The van der Waals surface area contributed by atoms with E-state index < -0.39 is 0 Å². The lowest BCUT2D eigenvalue weighted by Gasteiger charge is -2.38. The SMILES string of the molecule is CC1CCC(NCC2CN(C)C2)CC1. The zero-order valence-corrected chi connectivity index (χ0v) is 9.63. The van der Waals surface area contributed by atoms with E-state index in [9.17, 15) is 0 Å². The molecule has 2 fully saturated rings. The van der Waals surface area contributed by atoms with Crippen LogP contribution in [-0.4, -0.2) is 37.6 Å². The summed E-state index contributed by atoms with van der Waals surface area (Å²) in [7, 11) is 2.21. The zero-order chi connectivity index (χ0) is 9.97. The number of rotatable bonds is 3. The van der Waals surface area contributed by atoms with Gasteiger partial charge in [-0.05, 0) is 44.6 Å². The molecular weight excluding hydrogens is 172 g/mol. The molecule has 0 radical (unpaired) electrons. The van der Waals surface area contributed by atoms with Crippen molar-refractivity contribution in [1.82, 2.24) is 10.2 Å². The molecule has 82 valence electrons. The maximum Gasteiger partial charge on any atom is 0.00673 e. The molecule has 0 aromatic carbocycles. The van der Waals surface area contributed by atoms with Gasteiger partial charge < -0.3 is 10.2 Å². The molecule has 2 heteroatoms. The second kappa shape index (κ2) is 4.63. The molecule has 14 heavy (non-hydrogen) atoms. The monoisotopic (exact) mass is 196 g/mol. The Bertz CT molecular complexity index is 167. The Morgan fingerprint density at radius 2 is 1.79 bits per heavy atom. The molecule has 2 nitrogen and oxygen atoms in total. The second-order valence-corrected chi connectivity index (χ2v) is 5.45. The fraction of sp³-hybridized carbons (Fsp3) is 1.00. The van der Waals surface area contributed by atoms with Gasteiger partial charge in [0.1, 0.15) is 0 Å². The third-order valence-electron chi connectivity index (χ3n) is 3.85. The van der Waals surface area contributed by atoms with Crippen molar-refractivity contribution in [1.29, 1.82) is 0 Å². The van der Waals surface area contributed by atoms with Crippen LogP contribution in [0.25, 0.3) is 0 Å². The molecule has 0 spiro atoms. The fourth-order valence-corrected chi connectivity index (χ4v) is 2.75. The highest BCUT2D eigenvalue weighted by molar-refractivity contribution is 4.82. The smallest absolute Gasteiger partial charge is 0.00673 e. The van der Waals surface area contributed by atoms with Crippen molar-refractivity contribution in [2.24, 2.45) is 11.8 Å². The maximum absolute atomic E-state index is 3.74. The van der Waals surface area contributed by atoms with Gasteiger partial charge in [0.15, 0.2) is 0 Å². The van der Waals surface area contributed by atoms with Gasteiger partial charge in [-0.25, -0.2) is 0 Å². The Hall–Kier alpha value is -0.0800. The van der Waals surface area contributed by atoms with Crippen molar-refractivity contribution >= 4 is 0 Å². The lowest BCUT2D eigenvalue weighted by molar-refractivity contribution is 0.126. The minimum atomic E-state index is 0.831. The Morgan fingerprint density at radius 1 is 1.14 bits per heavy atom. The molecule has 1 saturated heterocycles. The van der Waals surface area contributed by atoms with Crippen LogP contribution in [0.1, 0.15) is 32.6 Å². The Kier molecular flexibility index (Phi) is 3.45. The first-order valence-electron chi connectivity index (χ1n) is 6.16. The summed E-state index contributed by atoms with van der Waals surface area (Å²) in [5.41, 5.74) is 0. The summed E-state index contributed by atoms with van der Waals surface area (Å²) < 4.78 is 0. The minimum Gasteiger partial charge on any atom is -0.314 e. The molecule has 1 saturated carbocycles. The molecule has 2 aliphatic rings. The number of hydrogen-bond donors (Lipinski definition) is 1. The van der Waals surface area contributed by atoms with Crippen LogP contribution in [0.4, 0.5) is 0 Å². The van der Waals surface area contributed by atoms with Gasteiger partial charge in [-0.1, -0.05) is 6.92 Å². The van der Waals surface area contributed by atoms with Gasteiger partial charge in [0.05, 0.1) is 0 Å². The molecule has 0 bridgehead atoms. The van der Waals surface area contributed by atoms with Gasteiger partial charge in [0, 0.05) is 25.7 Å². The summed E-state index contributed by atoms with van der Waals surface area (Å²) in [4.78, 5) is 2.40. The van der Waals surface area contributed by atoms with Crippen molar-refractivity contribution < 1.29 is 0 Å². The fourth-order valence-electron chi connectivity index (χ4n) is 2.75. The molecule has 2 rings (SSSR count). The standard InChI is InChI=1S/C12H24N2/c1-10-3-5-12(6-4-10)13-7-11-8-14(2)9-11/h10-13H,3-9H2,1-2H3. The van der Waals surface area contributed by atoms with Gasteiger partial charge in [0.25, 0.3) is 0 Å². The Labute approximate surface area is 88.1 Å². The largest absolute Gasteiger partial charge is 0.314 e. The van der Waals surface area contributed by atoms with E-state index >= 15 is 0 Å². The van der Waals surface area contributed by atoms with E-state index in [2.05, 4.69) is 24.2 Å². The average Bonchev–Trinajstić information content (AvgIpc) is 2.13. The van der Waals surface area contributed by atoms with E-state index in [0.29, 0.717) is 0 Å². The lowest BCUT2D eigenvalue weighted by atomic mass is 9.87. The number of nitrogens with zero attached hydrogens (tertiary/aromatic N) is 1. The van der Waals surface area contributed by atoms with Crippen molar-refractivity contribution in [3.05, 3.63) is 0 Å². The third kappa shape index (κ3) is 2.71. The molecule has 0 amide bonds. The van der Waals surface area contributed by atoms with Crippen LogP contribution in [-0.2, 0) is 0 Å². The van der Waals surface area contributed by atoms with Crippen LogP contribution >= 0.6 is 0 Å². The summed E-state index contributed by atoms with van der Waals surface area (Å²) in [5, 5.41) is 3.74. The first-order valence-corrected chi connectivity index (χ1v) is 6.16. The maximum atomic E-state index is 3.74. The predicted octanol–water partition coefficient (Wildman–Crippen LogP) is 1.72. The lowest BCUT2D eigenvalue weighted by Crippen LogP contribution is -2.50. The van der Waals surface area contributed by atoms with E-state index in [4.69, 9.17) is 0 Å². The van der Waals surface area contributed by atoms with Crippen LogP contribution in [0.15, 0.2) is 0 Å². The highest BCUT2D eigenvalue weighted by atomic mass is 15.2. The molecule has 1 N–H and O–H groups in total. The van der Waals surface area contributed by atoms with E-state index in [1.54, 1.807) is 0 Å². The van der Waals surface area contributed by atoms with Gasteiger partial charge in [-0.2, -0.15) is 0 Å². The number of likely N-dealkylation sites (tertiary alicyclic amines) is 1. The van der Waals surface area contributed by atoms with E-state index in [1.165, 1.54) is 45.3 Å². The van der Waals surface area contributed by atoms with Crippen LogP contribution < -0.4 is 5.32 Å². The van der Waals surface area contributed by atoms with Crippen LogP contribution in [0, 0.1) is 11.8 Å². The van der Waals surface area contributed by atoms with Crippen LogP contribution in [0.2, 0.25) is 0 Å². The third-order valence-corrected chi connectivity index (χ3v) is 3.85. The van der Waals surface area contributed by atoms with E-state index in [-0.39, 0.29) is 0 Å². The number of nitrogens with one attached hydrogen (secondary N) is 1. The highest BCUT2D eigenvalue weighted by Crippen LogP contribution is 2.23. The van der Waals surface area contributed by atoms with Gasteiger partial charge in [0.2, 0.25) is 0 Å². The van der Waals surface area contributed by atoms with Crippen molar-refractivity contribution in [3.63, 3.8) is 0 Å². The molecular formula is C12H24N2. The van der Waals surface area contributed by atoms with Gasteiger partial charge in [-0.15, -0.1) is 0 Å². The van der Waals surface area contributed by atoms with Gasteiger partial charge in [-0.3, -0.25) is 0 Å². The Morgan fingerprint density at radius 3 is 2.36 bits per heavy atom. The zero-order valence-electron chi connectivity index (χ0n) is 9.63. The van der Waals surface area contributed by atoms with Gasteiger partial charge >= 0.3 is 0 Å².